The molecule has 1 saturated heterocycles. The summed E-state index contributed by atoms with van der Waals surface area (Å²) < 4.78 is 0. The molecule has 1 aromatic rings. The van der Waals surface area contributed by atoms with Gasteiger partial charge in [-0.2, -0.15) is 0 Å². The van der Waals surface area contributed by atoms with Crippen LogP contribution < -0.4 is 5.73 Å². The number of phenols is 1. The monoisotopic (exact) mass is 220 g/mol. The highest BCUT2D eigenvalue weighted by Gasteiger charge is 2.25. The van der Waals surface area contributed by atoms with E-state index in [0.717, 1.165) is 18.5 Å². The van der Waals surface area contributed by atoms with E-state index in [0.29, 0.717) is 12.1 Å². The number of phenolic OH excluding ortho intramolecular Hbond substituents is 1. The van der Waals surface area contributed by atoms with Crippen LogP contribution in [0.4, 0.5) is 0 Å². The summed E-state index contributed by atoms with van der Waals surface area (Å²) in [6.45, 7) is 3.17. The average molecular weight is 220 g/mol. The number of carbonyl (C=O) groups is 1. The van der Waals surface area contributed by atoms with Crippen molar-refractivity contribution in [2.75, 3.05) is 13.1 Å². The predicted octanol–water partition coefficient (Wildman–Crippen LogP) is 0.874. The summed E-state index contributed by atoms with van der Waals surface area (Å²) in [5.41, 5.74) is 7.21. The lowest BCUT2D eigenvalue weighted by Crippen LogP contribution is -2.32. The van der Waals surface area contributed by atoms with Crippen LogP contribution in [0.3, 0.4) is 0 Å². The van der Waals surface area contributed by atoms with Gasteiger partial charge in [0.15, 0.2) is 0 Å². The molecule has 1 aromatic carbocycles. The highest BCUT2D eigenvalue weighted by Crippen LogP contribution is 2.19. The van der Waals surface area contributed by atoms with E-state index in [-0.39, 0.29) is 17.7 Å². The molecular formula is C12H16N2O2. The Kier molecular flexibility index (Phi) is 2.83. The Balaban J connectivity index is 2.21. The van der Waals surface area contributed by atoms with Crippen molar-refractivity contribution in [3.8, 4) is 5.75 Å². The van der Waals surface area contributed by atoms with Gasteiger partial charge in [0.1, 0.15) is 5.75 Å². The standard InChI is InChI=1S/C12H16N2O2/c1-8-6-10(15)2-3-11(8)12(16)14-5-4-9(13)7-14/h2-3,6,9,15H,4-5,7,13H2,1H3/t9-/m0/s1. The van der Waals surface area contributed by atoms with Gasteiger partial charge in [0, 0.05) is 24.7 Å². The summed E-state index contributed by atoms with van der Waals surface area (Å²) in [6.07, 6.45) is 0.864. The van der Waals surface area contributed by atoms with E-state index in [2.05, 4.69) is 0 Å². The fourth-order valence-electron chi connectivity index (χ4n) is 2.03. The van der Waals surface area contributed by atoms with E-state index in [4.69, 9.17) is 5.73 Å². The van der Waals surface area contributed by atoms with E-state index in [1.54, 1.807) is 17.0 Å². The van der Waals surface area contributed by atoms with Crippen LogP contribution in [0.1, 0.15) is 22.3 Å². The molecule has 1 fully saturated rings. The first-order valence-electron chi connectivity index (χ1n) is 5.42. The summed E-state index contributed by atoms with van der Waals surface area (Å²) in [7, 11) is 0. The summed E-state index contributed by atoms with van der Waals surface area (Å²) in [5.74, 6) is 0.192. The molecule has 1 aliphatic rings. The third kappa shape index (κ3) is 2.02. The minimum Gasteiger partial charge on any atom is -0.508 e. The molecule has 4 nitrogen and oxygen atoms in total. The quantitative estimate of drug-likeness (QED) is 0.738. The first-order chi connectivity index (χ1) is 7.58. The summed E-state index contributed by atoms with van der Waals surface area (Å²) in [4.78, 5) is 13.9. The second-order valence-corrected chi connectivity index (χ2v) is 4.30. The normalized spacial score (nSPS) is 20.1. The molecule has 0 aromatic heterocycles. The zero-order chi connectivity index (χ0) is 11.7. The van der Waals surface area contributed by atoms with E-state index in [9.17, 15) is 9.90 Å². The van der Waals surface area contributed by atoms with E-state index in [1.165, 1.54) is 6.07 Å². The Morgan fingerprint density at radius 1 is 1.56 bits per heavy atom. The van der Waals surface area contributed by atoms with Gasteiger partial charge in [-0.25, -0.2) is 0 Å². The zero-order valence-electron chi connectivity index (χ0n) is 9.31. The molecular weight excluding hydrogens is 204 g/mol. The van der Waals surface area contributed by atoms with Crippen LogP contribution in [0.25, 0.3) is 0 Å². The van der Waals surface area contributed by atoms with Crippen molar-refractivity contribution >= 4 is 5.91 Å². The molecule has 0 saturated carbocycles. The number of nitrogens with zero attached hydrogens (tertiary/aromatic N) is 1. The molecule has 4 heteroatoms. The minimum absolute atomic E-state index is 0.00505. The summed E-state index contributed by atoms with van der Waals surface area (Å²) in [5, 5.41) is 9.28. The highest BCUT2D eigenvalue weighted by atomic mass is 16.3. The van der Waals surface area contributed by atoms with Crippen molar-refractivity contribution in [1.29, 1.82) is 0 Å². The van der Waals surface area contributed by atoms with Crippen LogP contribution in [0.5, 0.6) is 5.75 Å². The predicted molar refractivity (Wildman–Crippen MR) is 61.3 cm³/mol. The van der Waals surface area contributed by atoms with Crippen LogP contribution >= 0.6 is 0 Å². The number of rotatable bonds is 1. The Hall–Kier alpha value is -1.55. The zero-order valence-corrected chi connectivity index (χ0v) is 9.31. The second-order valence-electron chi connectivity index (χ2n) is 4.30. The molecule has 16 heavy (non-hydrogen) atoms. The summed E-state index contributed by atoms with van der Waals surface area (Å²) >= 11 is 0. The molecule has 86 valence electrons. The molecule has 1 aliphatic heterocycles. The van der Waals surface area contributed by atoms with Crippen LogP contribution in [0.2, 0.25) is 0 Å². The Morgan fingerprint density at radius 2 is 2.31 bits per heavy atom. The molecule has 2 rings (SSSR count). The second kappa shape index (κ2) is 4.14. The van der Waals surface area contributed by atoms with Crippen molar-refractivity contribution in [3.05, 3.63) is 29.3 Å². The molecule has 0 unspecified atom stereocenters. The number of carbonyl (C=O) groups excluding carboxylic acids is 1. The molecule has 0 bridgehead atoms. The molecule has 0 aliphatic carbocycles. The van der Waals surface area contributed by atoms with Crippen molar-refractivity contribution in [2.24, 2.45) is 5.73 Å². The minimum atomic E-state index is 0.00505. The molecule has 0 spiro atoms. The fraction of sp³-hybridized carbons (Fsp3) is 0.417. The third-order valence-corrected chi connectivity index (χ3v) is 2.95. The first kappa shape index (κ1) is 11.0. The van der Waals surface area contributed by atoms with Crippen molar-refractivity contribution in [1.82, 2.24) is 4.90 Å². The molecule has 3 N–H and O–H groups in total. The van der Waals surface area contributed by atoms with Gasteiger partial charge in [-0.3, -0.25) is 4.79 Å². The number of hydrogen-bond acceptors (Lipinski definition) is 3. The van der Waals surface area contributed by atoms with Gasteiger partial charge in [-0.1, -0.05) is 0 Å². The fourth-order valence-corrected chi connectivity index (χ4v) is 2.03. The van der Waals surface area contributed by atoms with Crippen LogP contribution in [-0.4, -0.2) is 35.0 Å². The number of likely N-dealkylation sites (tertiary alicyclic amines) is 1. The molecule has 1 heterocycles. The maximum Gasteiger partial charge on any atom is 0.254 e. The molecule has 1 atom stereocenters. The maximum atomic E-state index is 12.1. The van der Waals surface area contributed by atoms with Gasteiger partial charge in [-0.15, -0.1) is 0 Å². The number of aromatic hydroxyl groups is 1. The largest absolute Gasteiger partial charge is 0.508 e. The lowest BCUT2D eigenvalue weighted by Gasteiger charge is -2.17. The van der Waals surface area contributed by atoms with Crippen LogP contribution in [0.15, 0.2) is 18.2 Å². The van der Waals surface area contributed by atoms with Crippen molar-refractivity contribution in [2.45, 2.75) is 19.4 Å². The SMILES string of the molecule is Cc1cc(O)ccc1C(=O)N1CC[C@H](N)C1. The van der Waals surface area contributed by atoms with Gasteiger partial charge in [0.05, 0.1) is 0 Å². The number of aryl methyl sites for hydroxylation is 1. The molecule has 1 amide bonds. The Morgan fingerprint density at radius 3 is 2.88 bits per heavy atom. The van der Waals surface area contributed by atoms with Gasteiger partial charge in [0.25, 0.3) is 5.91 Å². The van der Waals surface area contributed by atoms with Gasteiger partial charge in [0.2, 0.25) is 0 Å². The van der Waals surface area contributed by atoms with Crippen molar-refractivity contribution < 1.29 is 9.90 Å². The van der Waals surface area contributed by atoms with Crippen LogP contribution in [0, 0.1) is 6.92 Å². The number of hydrogen-bond donors (Lipinski definition) is 2. The Bertz CT molecular complexity index is 417. The van der Waals surface area contributed by atoms with E-state index >= 15 is 0 Å². The average Bonchev–Trinajstić information content (AvgIpc) is 2.64. The van der Waals surface area contributed by atoms with Gasteiger partial charge < -0.3 is 15.7 Å². The van der Waals surface area contributed by atoms with E-state index in [1.807, 2.05) is 6.92 Å². The van der Waals surface area contributed by atoms with Crippen molar-refractivity contribution in [3.63, 3.8) is 0 Å². The van der Waals surface area contributed by atoms with Crippen LogP contribution in [-0.2, 0) is 0 Å². The highest BCUT2D eigenvalue weighted by molar-refractivity contribution is 5.96. The summed E-state index contributed by atoms with van der Waals surface area (Å²) in [6, 6.07) is 4.90. The topological polar surface area (TPSA) is 66.6 Å². The number of amides is 1. The van der Waals surface area contributed by atoms with Gasteiger partial charge in [-0.05, 0) is 37.1 Å². The number of nitrogens with two attached hydrogens (primary N) is 1. The van der Waals surface area contributed by atoms with Gasteiger partial charge >= 0.3 is 0 Å². The number of benzene rings is 1. The Labute approximate surface area is 94.7 Å². The third-order valence-electron chi connectivity index (χ3n) is 2.95. The lowest BCUT2D eigenvalue weighted by molar-refractivity contribution is 0.0790. The van der Waals surface area contributed by atoms with E-state index < -0.39 is 0 Å². The lowest BCUT2D eigenvalue weighted by atomic mass is 10.1. The first-order valence-corrected chi connectivity index (χ1v) is 5.42. The maximum absolute atomic E-state index is 12.1. The smallest absolute Gasteiger partial charge is 0.254 e. The molecule has 0 radical (unpaired) electrons.